The molecular formula is C30H28N2O3. The number of nitrogens with one attached hydrogen (secondary N) is 1. The first-order valence-corrected chi connectivity index (χ1v) is 12.3. The minimum absolute atomic E-state index is 0.106. The molecule has 5 nitrogen and oxygen atoms in total. The number of rotatable bonds is 4. The lowest BCUT2D eigenvalue weighted by atomic mass is 9.73. The Morgan fingerprint density at radius 2 is 1.54 bits per heavy atom. The van der Waals surface area contributed by atoms with Gasteiger partial charge in [0.15, 0.2) is 0 Å². The summed E-state index contributed by atoms with van der Waals surface area (Å²) >= 11 is 0. The Balaban J connectivity index is 1.25. The molecule has 3 amide bonds. The summed E-state index contributed by atoms with van der Waals surface area (Å²) in [7, 11) is 0. The molecule has 0 radical (unpaired) electrons. The zero-order valence-corrected chi connectivity index (χ0v) is 19.9. The van der Waals surface area contributed by atoms with Crippen LogP contribution >= 0.6 is 0 Å². The average Bonchev–Trinajstić information content (AvgIpc) is 3.50. The number of carbonyl (C=O) groups is 3. The van der Waals surface area contributed by atoms with E-state index in [9.17, 15) is 14.4 Å². The second-order valence-corrected chi connectivity index (χ2v) is 10.4. The molecule has 35 heavy (non-hydrogen) atoms. The van der Waals surface area contributed by atoms with Crippen molar-refractivity contribution < 1.29 is 14.4 Å². The van der Waals surface area contributed by atoms with E-state index >= 15 is 0 Å². The lowest BCUT2D eigenvalue weighted by Crippen LogP contribution is -2.33. The molecule has 3 fully saturated rings. The van der Waals surface area contributed by atoms with E-state index in [2.05, 4.69) is 17.4 Å². The van der Waals surface area contributed by atoms with Gasteiger partial charge in [-0.3, -0.25) is 19.3 Å². The van der Waals surface area contributed by atoms with Crippen molar-refractivity contribution in [3.05, 3.63) is 95.1 Å². The molecule has 5 heteroatoms. The van der Waals surface area contributed by atoms with Crippen LogP contribution in [0.25, 0.3) is 0 Å². The van der Waals surface area contributed by atoms with E-state index in [4.69, 9.17) is 0 Å². The number of benzene rings is 3. The molecular weight excluding hydrogens is 436 g/mol. The third kappa shape index (κ3) is 3.57. The van der Waals surface area contributed by atoms with Crippen LogP contribution in [0.1, 0.15) is 45.8 Å². The van der Waals surface area contributed by atoms with E-state index < -0.39 is 0 Å². The topological polar surface area (TPSA) is 66.5 Å². The predicted molar refractivity (Wildman–Crippen MR) is 135 cm³/mol. The maximum absolute atomic E-state index is 13.6. The second kappa shape index (κ2) is 8.19. The van der Waals surface area contributed by atoms with Gasteiger partial charge < -0.3 is 5.32 Å². The van der Waals surface area contributed by atoms with Crippen molar-refractivity contribution in [1.82, 2.24) is 0 Å². The molecule has 2 bridgehead atoms. The molecule has 3 aromatic rings. The molecule has 0 aromatic heterocycles. The number of imide groups is 1. The zero-order chi connectivity index (χ0) is 24.3. The molecule has 1 N–H and O–H groups in total. The van der Waals surface area contributed by atoms with E-state index in [1.54, 1.807) is 24.3 Å². The summed E-state index contributed by atoms with van der Waals surface area (Å²) in [6, 6.07) is 23.1. The summed E-state index contributed by atoms with van der Waals surface area (Å²) < 4.78 is 0. The van der Waals surface area contributed by atoms with Crippen LogP contribution in [0, 0.1) is 37.5 Å². The Labute approximate surface area is 205 Å². The number of anilines is 2. The summed E-state index contributed by atoms with van der Waals surface area (Å²) in [4.78, 5) is 41.4. The van der Waals surface area contributed by atoms with Gasteiger partial charge in [-0.25, -0.2) is 0 Å². The summed E-state index contributed by atoms with van der Waals surface area (Å²) in [6.45, 7) is 3.97. The quantitative estimate of drug-likeness (QED) is 0.520. The molecule has 176 valence electrons. The Hall–Kier alpha value is -3.73. The highest BCUT2D eigenvalue weighted by Gasteiger charge is 2.64. The predicted octanol–water partition coefficient (Wildman–Crippen LogP) is 5.48. The molecule has 1 aliphatic heterocycles. The summed E-state index contributed by atoms with van der Waals surface area (Å²) in [6.07, 6.45) is 1.90. The number of aryl methyl sites for hydroxylation is 2. The highest BCUT2D eigenvalue weighted by molar-refractivity contribution is 6.23. The second-order valence-electron chi connectivity index (χ2n) is 10.4. The van der Waals surface area contributed by atoms with Crippen LogP contribution in [-0.2, 0) is 9.59 Å². The maximum atomic E-state index is 13.6. The van der Waals surface area contributed by atoms with E-state index in [1.807, 2.05) is 50.2 Å². The summed E-state index contributed by atoms with van der Waals surface area (Å²) in [5.41, 5.74) is 5.03. The van der Waals surface area contributed by atoms with Crippen LogP contribution in [0.4, 0.5) is 11.4 Å². The van der Waals surface area contributed by atoms with Crippen molar-refractivity contribution in [2.24, 2.45) is 23.7 Å². The van der Waals surface area contributed by atoms with Gasteiger partial charge in [0.25, 0.3) is 5.91 Å². The van der Waals surface area contributed by atoms with Gasteiger partial charge in [0, 0.05) is 11.3 Å². The van der Waals surface area contributed by atoms with Crippen molar-refractivity contribution in [3.8, 4) is 0 Å². The maximum Gasteiger partial charge on any atom is 0.255 e. The molecule has 5 unspecified atom stereocenters. The fraction of sp³-hybridized carbons (Fsp3) is 0.300. The van der Waals surface area contributed by atoms with Gasteiger partial charge in [0.2, 0.25) is 11.8 Å². The van der Waals surface area contributed by atoms with Crippen LogP contribution in [0.3, 0.4) is 0 Å². The summed E-state index contributed by atoms with van der Waals surface area (Å²) in [5, 5.41) is 2.94. The van der Waals surface area contributed by atoms with Crippen LogP contribution in [0.5, 0.6) is 0 Å². The van der Waals surface area contributed by atoms with Crippen molar-refractivity contribution in [2.45, 2.75) is 32.6 Å². The monoisotopic (exact) mass is 464 g/mol. The third-order valence-corrected chi connectivity index (χ3v) is 8.09. The number of carbonyl (C=O) groups excluding carboxylic acids is 3. The number of amides is 3. The van der Waals surface area contributed by atoms with Crippen LogP contribution in [0.15, 0.2) is 72.8 Å². The lowest BCUT2D eigenvalue weighted by Gasteiger charge is -2.28. The molecule has 3 aromatic carbocycles. The van der Waals surface area contributed by atoms with Crippen LogP contribution in [0.2, 0.25) is 0 Å². The molecule has 3 aliphatic rings. The molecule has 6 rings (SSSR count). The Bertz CT molecular complexity index is 1330. The lowest BCUT2D eigenvalue weighted by molar-refractivity contribution is -0.123. The van der Waals surface area contributed by atoms with Gasteiger partial charge in [-0.2, -0.15) is 0 Å². The first-order chi connectivity index (χ1) is 16.9. The van der Waals surface area contributed by atoms with Gasteiger partial charge in [-0.15, -0.1) is 0 Å². The number of fused-ring (bicyclic) bond motifs is 5. The SMILES string of the molecule is Cc1cc(C)cc(NC(=O)c2cccc(N3C(=O)C4C5CC(c6ccccc6)C(C5)C4C3=O)c2)c1. The zero-order valence-electron chi connectivity index (χ0n) is 19.9. The van der Waals surface area contributed by atoms with Crippen molar-refractivity contribution in [2.75, 3.05) is 10.2 Å². The largest absolute Gasteiger partial charge is 0.322 e. The molecule has 0 spiro atoms. The van der Waals surface area contributed by atoms with E-state index in [1.165, 1.54) is 10.5 Å². The first kappa shape index (κ1) is 21.8. The van der Waals surface area contributed by atoms with Crippen LogP contribution < -0.4 is 10.2 Å². The fourth-order valence-corrected chi connectivity index (χ4v) is 6.83. The van der Waals surface area contributed by atoms with Crippen molar-refractivity contribution in [1.29, 1.82) is 0 Å². The van der Waals surface area contributed by atoms with E-state index in [0.717, 1.165) is 29.7 Å². The smallest absolute Gasteiger partial charge is 0.255 e. The number of nitrogens with zero attached hydrogens (tertiary/aromatic N) is 1. The highest BCUT2D eigenvalue weighted by atomic mass is 16.2. The standard InChI is InChI=1S/C30H28N2O3/c1-17-11-18(2)13-22(12-17)31-28(33)20-9-6-10-23(14-20)32-29(34)26-21-15-24(19-7-4-3-5-8-19)25(16-21)27(26)30(32)35/h3-14,21,24-27H,15-16H2,1-2H3,(H,31,33). The van der Waals surface area contributed by atoms with Gasteiger partial charge in [-0.1, -0.05) is 42.5 Å². The Morgan fingerprint density at radius 1 is 0.829 bits per heavy atom. The highest BCUT2D eigenvalue weighted by Crippen LogP contribution is 2.61. The molecule has 1 saturated heterocycles. The van der Waals surface area contributed by atoms with Gasteiger partial charge in [0.05, 0.1) is 17.5 Å². The molecule has 5 atom stereocenters. The normalized spacial score (nSPS) is 26.8. The fourth-order valence-electron chi connectivity index (χ4n) is 6.83. The minimum Gasteiger partial charge on any atom is -0.322 e. The van der Waals surface area contributed by atoms with Gasteiger partial charge in [-0.05, 0) is 91.5 Å². The number of hydrogen-bond acceptors (Lipinski definition) is 3. The van der Waals surface area contributed by atoms with Crippen LogP contribution in [-0.4, -0.2) is 17.7 Å². The Morgan fingerprint density at radius 3 is 2.29 bits per heavy atom. The van der Waals surface area contributed by atoms with Crippen molar-refractivity contribution in [3.63, 3.8) is 0 Å². The molecule has 2 aliphatic carbocycles. The van der Waals surface area contributed by atoms with E-state index in [-0.39, 0.29) is 41.4 Å². The van der Waals surface area contributed by atoms with E-state index in [0.29, 0.717) is 17.2 Å². The molecule has 2 saturated carbocycles. The molecule has 1 heterocycles. The third-order valence-electron chi connectivity index (χ3n) is 8.09. The average molecular weight is 465 g/mol. The van der Waals surface area contributed by atoms with Gasteiger partial charge in [0.1, 0.15) is 0 Å². The summed E-state index contributed by atoms with van der Waals surface area (Å²) in [5.74, 6) is -0.211. The van der Waals surface area contributed by atoms with Crippen molar-refractivity contribution >= 4 is 29.1 Å². The van der Waals surface area contributed by atoms with Gasteiger partial charge >= 0.3 is 0 Å². The Kier molecular flexibility index (Phi) is 5.10. The first-order valence-electron chi connectivity index (χ1n) is 12.3. The minimum atomic E-state index is -0.265. The number of hydrogen-bond donors (Lipinski definition) is 1.